The number of benzene rings is 1. The monoisotopic (exact) mass is 334 g/mol. The molecule has 1 aromatic carbocycles. The summed E-state index contributed by atoms with van der Waals surface area (Å²) in [5, 5.41) is 2.83. The van der Waals surface area contributed by atoms with Gasteiger partial charge < -0.3 is 14.7 Å². The van der Waals surface area contributed by atoms with Crippen LogP contribution < -0.4 is 10.9 Å². The summed E-state index contributed by atoms with van der Waals surface area (Å²) in [6, 6.07) is 10.4. The molecule has 2 N–H and O–H groups in total. The molecule has 4 aromatic rings. The van der Waals surface area contributed by atoms with Gasteiger partial charge in [-0.1, -0.05) is 12.1 Å². The molecule has 0 aliphatic heterocycles. The smallest absolute Gasteiger partial charge is 0.259 e. The predicted molar refractivity (Wildman–Crippen MR) is 92.6 cm³/mol. The number of carbonyl (C=O) groups is 1. The highest BCUT2D eigenvalue weighted by Crippen LogP contribution is 2.20. The molecule has 0 atom stereocenters. The van der Waals surface area contributed by atoms with Crippen LogP contribution in [0.4, 0.5) is 5.69 Å². The molecule has 7 heteroatoms. The van der Waals surface area contributed by atoms with Crippen LogP contribution in [0.1, 0.15) is 16.1 Å². The highest BCUT2D eigenvalue weighted by atomic mass is 16.3. The summed E-state index contributed by atoms with van der Waals surface area (Å²) in [4.78, 5) is 31.6. The number of fused-ring (bicyclic) bond motifs is 1. The first-order valence-corrected chi connectivity index (χ1v) is 7.63. The Balaban J connectivity index is 1.61. The van der Waals surface area contributed by atoms with E-state index >= 15 is 0 Å². The second-order valence-corrected chi connectivity index (χ2v) is 5.64. The molecule has 0 radical (unpaired) electrons. The first-order chi connectivity index (χ1) is 12.1. The van der Waals surface area contributed by atoms with Gasteiger partial charge in [-0.3, -0.25) is 14.0 Å². The number of hydrogen-bond acceptors (Lipinski definition) is 4. The summed E-state index contributed by atoms with van der Waals surface area (Å²) in [7, 11) is 0. The largest absolute Gasteiger partial charge is 0.451 e. The number of aromatic nitrogens is 3. The van der Waals surface area contributed by atoms with Gasteiger partial charge in [0.15, 0.2) is 6.39 Å². The summed E-state index contributed by atoms with van der Waals surface area (Å²) in [5.74, 6) is -0.294. The first kappa shape index (κ1) is 14.9. The predicted octanol–water partition coefficient (Wildman–Crippen LogP) is 2.84. The number of H-pyrrole nitrogens is 1. The number of aryl methyl sites for hydroxylation is 1. The van der Waals surface area contributed by atoms with Gasteiger partial charge in [0.1, 0.15) is 17.6 Å². The highest BCUT2D eigenvalue weighted by molar-refractivity contribution is 6.08. The Bertz CT molecular complexity index is 1110. The average Bonchev–Trinajstić information content (AvgIpc) is 3.25. The minimum atomic E-state index is -0.294. The zero-order chi connectivity index (χ0) is 17.4. The maximum atomic E-state index is 12.6. The van der Waals surface area contributed by atoms with Crippen molar-refractivity contribution in [2.24, 2.45) is 0 Å². The summed E-state index contributed by atoms with van der Waals surface area (Å²) < 4.78 is 6.37. The number of rotatable bonds is 3. The third-order valence-corrected chi connectivity index (χ3v) is 3.89. The van der Waals surface area contributed by atoms with E-state index in [4.69, 9.17) is 4.42 Å². The fraction of sp³-hybridized carbons (Fsp3) is 0.0556. The standard InChI is InChI=1S/C18H14N4O3/c1-11-8-16(23)22-7-6-14(17(22)20-11)18(24)21-13-4-2-12(3-5-13)15-9-25-10-19-15/h2-10,20H,1H3,(H,21,24). The van der Waals surface area contributed by atoms with Crippen LogP contribution in [0.25, 0.3) is 16.9 Å². The SMILES string of the molecule is Cc1cc(=O)n2ccc(C(=O)Nc3ccc(-c4cocn4)cc3)c2[nH]1. The number of nitrogens with zero attached hydrogens (tertiary/aromatic N) is 2. The molecular formula is C18H14N4O3. The lowest BCUT2D eigenvalue weighted by Gasteiger charge is -2.06. The average molecular weight is 334 g/mol. The molecule has 4 rings (SSSR count). The number of aromatic amines is 1. The normalized spacial score (nSPS) is 10.9. The third kappa shape index (κ3) is 2.72. The first-order valence-electron chi connectivity index (χ1n) is 7.63. The van der Waals surface area contributed by atoms with E-state index in [2.05, 4.69) is 15.3 Å². The number of anilines is 1. The van der Waals surface area contributed by atoms with Crippen molar-refractivity contribution in [2.45, 2.75) is 6.92 Å². The number of hydrogen-bond donors (Lipinski definition) is 2. The van der Waals surface area contributed by atoms with Crippen LogP contribution in [0.3, 0.4) is 0 Å². The second kappa shape index (κ2) is 5.79. The van der Waals surface area contributed by atoms with E-state index in [1.54, 1.807) is 37.6 Å². The van der Waals surface area contributed by atoms with E-state index in [1.807, 2.05) is 12.1 Å². The van der Waals surface area contributed by atoms with Gasteiger partial charge in [-0.25, -0.2) is 4.98 Å². The highest BCUT2D eigenvalue weighted by Gasteiger charge is 2.14. The molecule has 0 aliphatic carbocycles. The van der Waals surface area contributed by atoms with Crippen LogP contribution in [0.2, 0.25) is 0 Å². The number of carbonyl (C=O) groups excluding carboxylic acids is 1. The second-order valence-electron chi connectivity index (χ2n) is 5.64. The molecule has 3 heterocycles. The summed E-state index contributed by atoms with van der Waals surface area (Å²) in [5.41, 5.74) is 3.66. The lowest BCUT2D eigenvalue weighted by molar-refractivity contribution is 0.102. The summed E-state index contributed by atoms with van der Waals surface area (Å²) in [6.45, 7) is 1.78. The van der Waals surface area contributed by atoms with Gasteiger partial charge in [-0.05, 0) is 25.1 Å². The van der Waals surface area contributed by atoms with Crippen LogP contribution in [0.5, 0.6) is 0 Å². The van der Waals surface area contributed by atoms with Gasteiger partial charge in [0.25, 0.3) is 11.5 Å². The van der Waals surface area contributed by atoms with Gasteiger partial charge in [-0.2, -0.15) is 0 Å². The van der Waals surface area contributed by atoms with Crippen molar-refractivity contribution >= 4 is 17.2 Å². The quantitative estimate of drug-likeness (QED) is 0.602. The van der Waals surface area contributed by atoms with Crippen LogP contribution in [0.15, 0.2) is 64.5 Å². The fourth-order valence-electron chi connectivity index (χ4n) is 2.68. The Morgan fingerprint density at radius 1 is 1.24 bits per heavy atom. The zero-order valence-corrected chi connectivity index (χ0v) is 13.3. The molecule has 7 nitrogen and oxygen atoms in total. The van der Waals surface area contributed by atoms with E-state index in [1.165, 1.54) is 16.9 Å². The number of nitrogens with one attached hydrogen (secondary N) is 2. The molecule has 25 heavy (non-hydrogen) atoms. The lowest BCUT2D eigenvalue weighted by Crippen LogP contribution is -2.16. The molecule has 0 unspecified atom stereocenters. The Labute approximate surface area is 142 Å². The van der Waals surface area contributed by atoms with E-state index in [-0.39, 0.29) is 11.5 Å². The van der Waals surface area contributed by atoms with Crippen LogP contribution in [-0.2, 0) is 0 Å². The van der Waals surface area contributed by atoms with Gasteiger partial charge in [0.05, 0.1) is 5.56 Å². The number of oxazole rings is 1. The third-order valence-electron chi connectivity index (χ3n) is 3.89. The van der Waals surface area contributed by atoms with Crippen molar-refractivity contribution in [2.75, 3.05) is 5.32 Å². The van der Waals surface area contributed by atoms with Crippen LogP contribution in [0, 0.1) is 6.92 Å². The summed E-state index contributed by atoms with van der Waals surface area (Å²) >= 11 is 0. The molecule has 1 amide bonds. The van der Waals surface area contributed by atoms with Crippen molar-refractivity contribution in [3.63, 3.8) is 0 Å². The minimum Gasteiger partial charge on any atom is -0.451 e. The Hall–Kier alpha value is -3.61. The lowest BCUT2D eigenvalue weighted by atomic mass is 10.1. The van der Waals surface area contributed by atoms with E-state index in [0.717, 1.165) is 11.3 Å². The van der Waals surface area contributed by atoms with E-state index in [0.29, 0.717) is 22.6 Å². The zero-order valence-electron chi connectivity index (χ0n) is 13.3. The van der Waals surface area contributed by atoms with Crippen LogP contribution >= 0.6 is 0 Å². The van der Waals surface area contributed by atoms with Crippen molar-refractivity contribution in [3.8, 4) is 11.3 Å². The minimum absolute atomic E-state index is 0.178. The number of amides is 1. The van der Waals surface area contributed by atoms with E-state index in [9.17, 15) is 9.59 Å². The fourth-order valence-corrected chi connectivity index (χ4v) is 2.68. The molecule has 0 spiro atoms. The van der Waals surface area contributed by atoms with Crippen molar-refractivity contribution < 1.29 is 9.21 Å². The molecule has 0 saturated carbocycles. The summed E-state index contributed by atoms with van der Waals surface area (Å²) in [6.07, 6.45) is 4.50. The van der Waals surface area contributed by atoms with Gasteiger partial charge in [-0.15, -0.1) is 0 Å². The van der Waals surface area contributed by atoms with Crippen molar-refractivity contribution in [1.82, 2.24) is 14.4 Å². The topological polar surface area (TPSA) is 92.4 Å². The van der Waals surface area contributed by atoms with Crippen molar-refractivity contribution in [3.05, 3.63) is 76.9 Å². The van der Waals surface area contributed by atoms with Crippen LogP contribution in [-0.4, -0.2) is 20.3 Å². The van der Waals surface area contributed by atoms with Crippen molar-refractivity contribution in [1.29, 1.82) is 0 Å². The van der Waals surface area contributed by atoms with E-state index < -0.39 is 0 Å². The maximum absolute atomic E-state index is 12.6. The molecule has 3 aromatic heterocycles. The molecule has 124 valence electrons. The van der Waals surface area contributed by atoms with Gasteiger partial charge in [0, 0.05) is 29.2 Å². The Morgan fingerprint density at radius 2 is 2.04 bits per heavy atom. The molecule has 0 aliphatic rings. The van der Waals surface area contributed by atoms with Gasteiger partial charge in [0.2, 0.25) is 0 Å². The molecule has 0 bridgehead atoms. The molecule has 0 saturated heterocycles. The Morgan fingerprint density at radius 3 is 2.76 bits per heavy atom. The van der Waals surface area contributed by atoms with Gasteiger partial charge >= 0.3 is 0 Å². The maximum Gasteiger partial charge on any atom is 0.259 e. The Kier molecular flexibility index (Phi) is 3.46. The molecular weight excluding hydrogens is 320 g/mol. The molecule has 0 fully saturated rings.